The van der Waals surface area contributed by atoms with Crippen molar-refractivity contribution >= 4 is 27.5 Å². The zero-order chi connectivity index (χ0) is 21.7. The van der Waals surface area contributed by atoms with Gasteiger partial charge in [0.15, 0.2) is 0 Å². The van der Waals surface area contributed by atoms with Crippen molar-refractivity contribution in [3.8, 4) is 22.4 Å². The monoisotopic (exact) mass is 446 g/mol. The molecule has 2 aliphatic rings. The van der Waals surface area contributed by atoms with Gasteiger partial charge in [-0.1, -0.05) is 18.6 Å². The lowest BCUT2D eigenvalue weighted by Gasteiger charge is -2.49. The number of benzene rings is 1. The Hall–Kier alpha value is -2.91. The number of fused-ring (bicyclic) bond motifs is 3. The van der Waals surface area contributed by atoms with Crippen LogP contribution in [-0.2, 0) is 0 Å². The fourth-order valence-electron chi connectivity index (χ4n) is 5.40. The van der Waals surface area contributed by atoms with Crippen LogP contribution >= 0.6 is 11.3 Å². The maximum Gasteiger partial charge on any atom is 0.245 e. The van der Waals surface area contributed by atoms with Crippen LogP contribution in [0.3, 0.4) is 0 Å². The van der Waals surface area contributed by atoms with E-state index in [1.54, 1.807) is 11.3 Å². The van der Waals surface area contributed by atoms with Crippen LogP contribution in [0.5, 0.6) is 0 Å². The first kappa shape index (κ1) is 19.8. The standard InChI is InChI=1S/C23H26N8S/c1-30-15-4-3-5-16(30)9-17(8-15)31(2)23-24-12-20(28-29-23)19-7-6-18(14-10-26-27-11-14)21-22(19)32-13-25-21/h6-7,10-13,15-17H,3-5,8-9H2,1-2H3,(H,26,27)/t15-,16?,17?/m0/s1. The number of aromatic nitrogens is 6. The zero-order valence-corrected chi connectivity index (χ0v) is 19.1. The van der Waals surface area contributed by atoms with E-state index < -0.39 is 0 Å². The van der Waals surface area contributed by atoms with Crippen LogP contribution in [-0.4, -0.2) is 67.5 Å². The molecule has 0 saturated carbocycles. The Kier molecular flexibility index (Phi) is 4.87. The highest BCUT2D eigenvalue weighted by molar-refractivity contribution is 7.17. The summed E-state index contributed by atoms with van der Waals surface area (Å²) in [4.78, 5) is 14.1. The Balaban J connectivity index is 1.27. The van der Waals surface area contributed by atoms with Crippen LogP contribution in [0, 0.1) is 0 Å². The van der Waals surface area contributed by atoms with Gasteiger partial charge in [0.05, 0.1) is 28.1 Å². The second-order valence-corrected chi connectivity index (χ2v) is 9.82. The Morgan fingerprint density at radius 1 is 1.06 bits per heavy atom. The predicted molar refractivity (Wildman–Crippen MR) is 127 cm³/mol. The van der Waals surface area contributed by atoms with E-state index in [9.17, 15) is 0 Å². The van der Waals surface area contributed by atoms with E-state index in [-0.39, 0.29) is 0 Å². The first-order chi connectivity index (χ1) is 15.7. The predicted octanol–water partition coefficient (Wildman–Crippen LogP) is 3.99. The normalized spacial score (nSPS) is 23.5. The number of piperidine rings is 2. The van der Waals surface area contributed by atoms with Gasteiger partial charge in [-0.2, -0.15) is 5.10 Å². The summed E-state index contributed by atoms with van der Waals surface area (Å²) >= 11 is 1.61. The fraction of sp³-hybridized carbons (Fsp3) is 0.435. The SMILES string of the molecule is CN(c1ncc(-c2ccc(-c3cn[nH]c3)c3ncsc23)nn1)C1CC2CCC[C@@H](C1)N2C. The minimum absolute atomic E-state index is 0.469. The molecule has 1 aromatic carbocycles. The lowest BCUT2D eigenvalue weighted by molar-refractivity contribution is 0.0556. The molecule has 0 spiro atoms. The van der Waals surface area contributed by atoms with E-state index in [2.05, 4.69) is 61.4 Å². The molecular weight excluding hydrogens is 420 g/mol. The molecule has 5 heterocycles. The number of aromatic amines is 1. The Morgan fingerprint density at radius 2 is 1.88 bits per heavy atom. The van der Waals surface area contributed by atoms with Gasteiger partial charge in [0.1, 0.15) is 5.69 Å². The molecule has 2 bridgehead atoms. The van der Waals surface area contributed by atoms with Crippen LogP contribution in [0.2, 0.25) is 0 Å². The second-order valence-electron chi connectivity index (χ2n) is 8.96. The molecule has 6 rings (SSSR count). The minimum Gasteiger partial charge on any atom is -0.339 e. The van der Waals surface area contributed by atoms with Gasteiger partial charge in [-0.15, -0.1) is 21.5 Å². The molecule has 32 heavy (non-hydrogen) atoms. The summed E-state index contributed by atoms with van der Waals surface area (Å²) in [5, 5.41) is 16.0. The molecule has 2 unspecified atom stereocenters. The third-order valence-corrected chi connectivity index (χ3v) is 8.16. The summed E-state index contributed by atoms with van der Waals surface area (Å²) in [6.07, 6.45) is 11.9. The first-order valence-electron chi connectivity index (χ1n) is 11.2. The molecular formula is C23H26N8S. The molecule has 8 nitrogen and oxygen atoms in total. The summed E-state index contributed by atoms with van der Waals surface area (Å²) in [5.41, 5.74) is 6.70. The molecule has 2 aliphatic heterocycles. The molecule has 2 fully saturated rings. The van der Waals surface area contributed by atoms with Crippen molar-refractivity contribution in [1.29, 1.82) is 0 Å². The molecule has 4 aromatic rings. The van der Waals surface area contributed by atoms with Crippen LogP contribution < -0.4 is 4.90 Å². The number of anilines is 1. The van der Waals surface area contributed by atoms with Gasteiger partial charge in [0, 0.05) is 48.1 Å². The van der Waals surface area contributed by atoms with E-state index in [1.807, 2.05) is 24.1 Å². The molecule has 0 radical (unpaired) electrons. The Bertz CT molecular complexity index is 1200. The van der Waals surface area contributed by atoms with E-state index in [4.69, 9.17) is 4.98 Å². The van der Waals surface area contributed by atoms with Gasteiger partial charge < -0.3 is 9.80 Å². The number of H-pyrrole nitrogens is 1. The van der Waals surface area contributed by atoms with Crippen molar-refractivity contribution in [3.63, 3.8) is 0 Å². The maximum atomic E-state index is 4.71. The van der Waals surface area contributed by atoms with Gasteiger partial charge in [-0.25, -0.2) is 9.97 Å². The summed E-state index contributed by atoms with van der Waals surface area (Å²) in [6.45, 7) is 0. The van der Waals surface area contributed by atoms with Crippen molar-refractivity contribution < 1.29 is 0 Å². The third kappa shape index (κ3) is 3.27. The lowest BCUT2D eigenvalue weighted by atomic mass is 9.82. The van der Waals surface area contributed by atoms with Crippen molar-refractivity contribution in [1.82, 2.24) is 35.3 Å². The quantitative estimate of drug-likeness (QED) is 0.507. The van der Waals surface area contributed by atoms with Gasteiger partial charge in [-0.3, -0.25) is 5.10 Å². The third-order valence-electron chi connectivity index (χ3n) is 7.30. The molecule has 2 saturated heterocycles. The molecule has 3 atom stereocenters. The average molecular weight is 447 g/mol. The summed E-state index contributed by atoms with van der Waals surface area (Å²) in [7, 11) is 4.40. The van der Waals surface area contributed by atoms with Gasteiger partial charge in [-0.05, 0) is 32.7 Å². The smallest absolute Gasteiger partial charge is 0.245 e. The highest BCUT2D eigenvalue weighted by Crippen LogP contribution is 2.37. The Labute approximate surface area is 190 Å². The molecule has 9 heteroatoms. The highest BCUT2D eigenvalue weighted by atomic mass is 32.1. The van der Waals surface area contributed by atoms with Crippen LogP contribution in [0.1, 0.15) is 32.1 Å². The number of hydrogen-bond donors (Lipinski definition) is 1. The van der Waals surface area contributed by atoms with Gasteiger partial charge in [0.25, 0.3) is 0 Å². The summed E-state index contributed by atoms with van der Waals surface area (Å²) < 4.78 is 1.09. The number of nitrogens with zero attached hydrogens (tertiary/aromatic N) is 7. The molecule has 164 valence electrons. The van der Waals surface area contributed by atoms with E-state index >= 15 is 0 Å². The molecule has 0 amide bonds. The second kappa shape index (κ2) is 7.90. The maximum absolute atomic E-state index is 4.71. The van der Waals surface area contributed by atoms with Crippen molar-refractivity contribution in [3.05, 3.63) is 36.2 Å². The largest absolute Gasteiger partial charge is 0.339 e. The topological polar surface area (TPSA) is 86.7 Å². The van der Waals surface area contributed by atoms with Crippen molar-refractivity contribution in [2.45, 2.75) is 50.2 Å². The van der Waals surface area contributed by atoms with Crippen LogP contribution in [0.25, 0.3) is 32.6 Å². The molecule has 3 aromatic heterocycles. The fourth-order valence-corrected chi connectivity index (χ4v) is 6.24. The van der Waals surface area contributed by atoms with Crippen molar-refractivity contribution in [2.75, 3.05) is 19.0 Å². The number of hydrogen-bond acceptors (Lipinski definition) is 8. The molecule has 0 aliphatic carbocycles. The van der Waals surface area contributed by atoms with Crippen molar-refractivity contribution in [2.24, 2.45) is 0 Å². The van der Waals surface area contributed by atoms with Crippen LogP contribution in [0.15, 0.2) is 36.2 Å². The number of thiazole rings is 1. The highest BCUT2D eigenvalue weighted by Gasteiger charge is 2.38. The Morgan fingerprint density at radius 3 is 2.59 bits per heavy atom. The molecule has 1 N–H and O–H groups in total. The average Bonchev–Trinajstić information content (AvgIpc) is 3.51. The zero-order valence-electron chi connectivity index (χ0n) is 18.3. The summed E-state index contributed by atoms with van der Waals surface area (Å²) in [6, 6.07) is 5.97. The summed E-state index contributed by atoms with van der Waals surface area (Å²) in [5.74, 6) is 0.706. The van der Waals surface area contributed by atoms with Gasteiger partial charge >= 0.3 is 0 Å². The van der Waals surface area contributed by atoms with E-state index in [1.165, 1.54) is 32.1 Å². The van der Waals surface area contributed by atoms with E-state index in [0.717, 1.165) is 32.6 Å². The van der Waals surface area contributed by atoms with Crippen LogP contribution in [0.4, 0.5) is 5.95 Å². The lowest BCUT2D eigenvalue weighted by Crippen LogP contribution is -2.55. The minimum atomic E-state index is 0.469. The van der Waals surface area contributed by atoms with E-state index in [0.29, 0.717) is 24.1 Å². The first-order valence-corrected chi connectivity index (χ1v) is 12.1. The number of rotatable bonds is 4. The number of nitrogens with one attached hydrogen (secondary N) is 1. The van der Waals surface area contributed by atoms with Gasteiger partial charge in [0.2, 0.25) is 5.95 Å².